The number of aromatic amines is 1. The molecule has 0 unspecified atom stereocenters. The van der Waals surface area contributed by atoms with Crippen molar-refractivity contribution in [1.82, 2.24) is 24.1 Å². The van der Waals surface area contributed by atoms with Crippen LogP contribution in [0.5, 0.6) is 0 Å². The number of imidazole rings is 1. The Balaban J connectivity index is 1.78. The summed E-state index contributed by atoms with van der Waals surface area (Å²) in [4.78, 5) is 16.1. The Kier molecular flexibility index (Phi) is 4.03. The summed E-state index contributed by atoms with van der Waals surface area (Å²) in [6, 6.07) is 3.69. The van der Waals surface area contributed by atoms with E-state index in [2.05, 4.69) is 15.2 Å². The fourth-order valence-corrected chi connectivity index (χ4v) is 3.08. The van der Waals surface area contributed by atoms with Crippen LogP contribution in [0.15, 0.2) is 34.5 Å². The molecule has 0 aromatic carbocycles. The number of halogens is 1. The molecule has 6 nitrogen and oxygen atoms in total. The van der Waals surface area contributed by atoms with E-state index in [-0.39, 0.29) is 5.69 Å². The summed E-state index contributed by atoms with van der Waals surface area (Å²) in [6.45, 7) is 2.69. The van der Waals surface area contributed by atoms with Gasteiger partial charge in [-0.3, -0.25) is 4.57 Å². The summed E-state index contributed by atoms with van der Waals surface area (Å²) >= 11 is 7.45. The molecule has 0 radical (unpaired) electrons. The van der Waals surface area contributed by atoms with Gasteiger partial charge in [-0.15, -0.1) is 5.10 Å². The first-order valence-electron chi connectivity index (χ1n) is 6.58. The fraction of sp³-hybridized carbons (Fsp3) is 0.308. The van der Waals surface area contributed by atoms with E-state index in [0.29, 0.717) is 22.5 Å². The average molecular weight is 324 g/mol. The van der Waals surface area contributed by atoms with Gasteiger partial charge < -0.3 is 4.40 Å². The molecule has 0 bridgehead atoms. The molecule has 0 amide bonds. The van der Waals surface area contributed by atoms with E-state index in [1.54, 1.807) is 4.57 Å². The van der Waals surface area contributed by atoms with Gasteiger partial charge in [-0.05, 0) is 18.6 Å². The molecule has 3 rings (SSSR count). The van der Waals surface area contributed by atoms with Crippen molar-refractivity contribution in [1.29, 1.82) is 0 Å². The minimum absolute atomic E-state index is 0.166. The fourth-order valence-electron chi connectivity index (χ4n) is 2.06. The molecule has 21 heavy (non-hydrogen) atoms. The quantitative estimate of drug-likeness (QED) is 0.733. The van der Waals surface area contributed by atoms with Crippen molar-refractivity contribution >= 4 is 29.0 Å². The Labute approximate surface area is 130 Å². The number of H-pyrrole nitrogens is 1. The summed E-state index contributed by atoms with van der Waals surface area (Å²) < 4.78 is 3.54. The highest BCUT2D eigenvalue weighted by Crippen LogP contribution is 2.20. The minimum atomic E-state index is -0.166. The van der Waals surface area contributed by atoms with Crippen molar-refractivity contribution in [2.45, 2.75) is 30.8 Å². The largest absolute Gasteiger partial charge is 0.343 e. The lowest BCUT2D eigenvalue weighted by Gasteiger charge is -2.01. The van der Waals surface area contributed by atoms with Crippen LogP contribution in [0.1, 0.15) is 19.0 Å². The van der Waals surface area contributed by atoms with E-state index < -0.39 is 0 Å². The highest BCUT2D eigenvalue weighted by Gasteiger charge is 2.10. The van der Waals surface area contributed by atoms with Gasteiger partial charge in [-0.2, -0.15) is 0 Å². The number of aromatic nitrogens is 5. The third kappa shape index (κ3) is 2.98. The zero-order valence-corrected chi connectivity index (χ0v) is 13.0. The van der Waals surface area contributed by atoms with E-state index >= 15 is 0 Å². The van der Waals surface area contributed by atoms with E-state index in [4.69, 9.17) is 11.6 Å². The van der Waals surface area contributed by atoms with Gasteiger partial charge in [0, 0.05) is 24.7 Å². The lowest BCUT2D eigenvalue weighted by atomic mass is 10.5. The number of hydrogen-bond donors (Lipinski definition) is 1. The van der Waals surface area contributed by atoms with E-state index in [9.17, 15) is 4.79 Å². The van der Waals surface area contributed by atoms with Crippen molar-refractivity contribution in [2.75, 3.05) is 0 Å². The van der Waals surface area contributed by atoms with Crippen LogP contribution in [-0.2, 0) is 12.3 Å². The molecule has 0 spiro atoms. The third-order valence-corrected chi connectivity index (χ3v) is 4.22. The standard InChI is InChI=1S/C13H14ClN5OS/c1-2-5-19-12(20)16-17-13(19)21-8-10-7-18-6-9(14)3-4-11(18)15-10/h3-4,6-7H,2,5,8H2,1H3,(H,16,20). The van der Waals surface area contributed by atoms with Gasteiger partial charge >= 0.3 is 5.69 Å². The Hall–Kier alpha value is -1.73. The molecule has 0 atom stereocenters. The van der Waals surface area contributed by atoms with Crippen LogP contribution in [0.2, 0.25) is 5.02 Å². The first-order valence-corrected chi connectivity index (χ1v) is 7.95. The van der Waals surface area contributed by atoms with E-state index in [1.165, 1.54) is 11.8 Å². The first-order chi connectivity index (χ1) is 10.2. The molecule has 0 saturated carbocycles. The van der Waals surface area contributed by atoms with Gasteiger partial charge in [0.05, 0.1) is 10.7 Å². The highest BCUT2D eigenvalue weighted by molar-refractivity contribution is 7.98. The Morgan fingerprint density at radius 1 is 1.38 bits per heavy atom. The molecule has 0 fully saturated rings. The van der Waals surface area contributed by atoms with Crippen molar-refractivity contribution in [2.24, 2.45) is 0 Å². The molecule has 0 saturated heterocycles. The van der Waals surface area contributed by atoms with Crippen molar-refractivity contribution in [3.63, 3.8) is 0 Å². The predicted molar refractivity (Wildman–Crippen MR) is 82.9 cm³/mol. The van der Waals surface area contributed by atoms with E-state index in [1.807, 2.05) is 35.9 Å². The lowest BCUT2D eigenvalue weighted by Crippen LogP contribution is -2.17. The van der Waals surface area contributed by atoms with Gasteiger partial charge in [0.25, 0.3) is 0 Å². The van der Waals surface area contributed by atoms with Crippen molar-refractivity contribution in [3.8, 4) is 0 Å². The van der Waals surface area contributed by atoms with Crippen LogP contribution in [-0.4, -0.2) is 24.1 Å². The maximum Gasteiger partial charge on any atom is 0.343 e. The molecule has 110 valence electrons. The molecule has 0 aliphatic carbocycles. The third-order valence-electron chi connectivity index (χ3n) is 2.98. The number of hydrogen-bond acceptors (Lipinski definition) is 4. The van der Waals surface area contributed by atoms with Crippen LogP contribution in [0.3, 0.4) is 0 Å². The van der Waals surface area contributed by atoms with Gasteiger partial charge in [-0.25, -0.2) is 14.9 Å². The topological polar surface area (TPSA) is 68.0 Å². The Bertz CT molecular complexity index is 821. The average Bonchev–Trinajstić information content (AvgIpc) is 3.01. The number of thioether (sulfide) groups is 1. The summed E-state index contributed by atoms with van der Waals surface area (Å²) in [5.41, 5.74) is 1.60. The predicted octanol–water partition coefficient (Wildman–Crippen LogP) is 2.57. The summed E-state index contributed by atoms with van der Waals surface area (Å²) in [5.74, 6) is 0.646. The molecular weight excluding hydrogens is 310 g/mol. The van der Waals surface area contributed by atoms with Crippen molar-refractivity contribution in [3.05, 3.63) is 45.7 Å². The molecular formula is C13H14ClN5OS. The first kappa shape index (κ1) is 14.2. The number of fused-ring (bicyclic) bond motifs is 1. The van der Waals surface area contributed by atoms with Crippen LogP contribution >= 0.6 is 23.4 Å². The minimum Gasteiger partial charge on any atom is -0.305 e. The molecule has 3 aromatic rings. The zero-order valence-electron chi connectivity index (χ0n) is 11.4. The SMILES string of the molecule is CCCn1c(SCc2cn3cc(Cl)ccc3n2)n[nH]c1=O. The summed E-state index contributed by atoms with van der Waals surface area (Å²) in [5, 5.41) is 7.90. The van der Waals surface area contributed by atoms with Crippen LogP contribution in [0.25, 0.3) is 5.65 Å². The van der Waals surface area contributed by atoms with Gasteiger partial charge in [0.2, 0.25) is 0 Å². The normalized spacial score (nSPS) is 11.3. The molecule has 8 heteroatoms. The molecule has 0 aliphatic rings. The second-order valence-electron chi connectivity index (χ2n) is 4.60. The molecule has 3 heterocycles. The van der Waals surface area contributed by atoms with Gasteiger partial charge in [0.15, 0.2) is 5.16 Å². The summed E-state index contributed by atoms with van der Waals surface area (Å²) in [7, 11) is 0. The number of pyridine rings is 1. The second kappa shape index (κ2) is 5.95. The second-order valence-corrected chi connectivity index (χ2v) is 5.98. The maximum absolute atomic E-state index is 11.6. The van der Waals surface area contributed by atoms with E-state index in [0.717, 1.165) is 17.8 Å². The zero-order chi connectivity index (χ0) is 14.8. The van der Waals surface area contributed by atoms with Gasteiger partial charge in [0.1, 0.15) is 5.65 Å². The number of nitrogens with one attached hydrogen (secondary N) is 1. The van der Waals surface area contributed by atoms with Crippen molar-refractivity contribution < 1.29 is 0 Å². The Morgan fingerprint density at radius 2 is 2.24 bits per heavy atom. The van der Waals surface area contributed by atoms with Gasteiger partial charge in [-0.1, -0.05) is 30.3 Å². The Morgan fingerprint density at radius 3 is 3.05 bits per heavy atom. The monoisotopic (exact) mass is 323 g/mol. The highest BCUT2D eigenvalue weighted by atomic mass is 35.5. The van der Waals surface area contributed by atoms with Crippen LogP contribution in [0.4, 0.5) is 0 Å². The summed E-state index contributed by atoms with van der Waals surface area (Å²) in [6.07, 6.45) is 4.64. The molecule has 0 aliphatic heterocycles. The van der Waals surface area contributed by atoms with Crippen LogP contribution in [0, 0.1) is 0 Å². The molecule has 3 aromatic heterocycles. The number of nitrogens with zero attached hydrogens (tertiary/aromatic N) is 4. The maximum atomic E-state index is 11.6. The number of rotatable bonds is 5. The van der Waals surface area contributed by atoms with Crippen LogP contribution < -0.4 is 5.69 Å². The lowest BCUT2D eigenvalue weighted by molar-refractivity contribution is 0.604. The molecule has 1 N–H and O–H groups in total. The smallest absolute Gasteiger partial charge is 0.305 e.